The first-order valence-corrected chi connectivity index (χ1v) is 12.0. The molecule has 0 aliphatic heterocycles. The molecule has 0 aromatic heterocycles. The van der Waals surface area contributed by atoms with E-state index < -0.39 is 22.0 Å². The summed E-state index contributed by atoms with van der Waals surface area (Å²) in [5.41, 5.74) is 1.02. The van der Waals surface area contributed by atoms with Crippen LogP contribution in [-0.4, -0.2) is 27.5 Å². The van der Waals surface area contributed by atoms with Crippen LogP contribution >= 0.6 is 34.8 Å². The molecule has 168 valence electrons. The molecule has 3 aromatic rings. The zero-order valence-electron chi connectivity index (χ0n) is 16.8. The number of nitrogens with one attached hydrogen (secondary N) is 2. The Morgan fingerprint density at radius 2 is 1.72 bits per heavy atom. The number of ether oxygens (including phenoxy) is 1. The highest BCUT2D eigenvalue weighted by molar-refractivity contribution is 7.89. The third-order valence-electron chi connectivity index (χ3n) is 4.52. The van der Waals surface area contributed by atoms with Gasteiger partial charge in [0.05, 0.1) is 22.8 Å². The zero-order valence-corrected chi connectivity index (χ0v) is 19.9. The van der Waals surface area contributed by atoms with E-state index in [9.17, 15) is 13.2 Å². The van der Waals surface area contributed by atoms with Crippen molar-refractivity contribution >= 4 is 56.4 Å². The lowest BCUT2D eigenvalue weighted by Gasteiger charge is -2.20. The van der Waals surface area contributed by atoms with Crippen LogP contribution in [0.2, 0.25) is 15.1 Å². The first kappa shape index (κ1) is 24.4. The molecule has 6 nitrogen and oxygen atoms in total. The number of halogens is 3. The second-order valence-corrected chi connectivity index (χ2v) is 9.65. The third-order valence-corrected chi connectivity index (χ3v) is 7.07. The van der Waals surface area contributed by atoms with E-state index >= 15 is 0 Å². The maximum atomic E-state index is 13.2. The molecule has 1 atom stereocenters. The smallest absolute Gasteiger partial charge is 0.245 e. The SMILES string of the molecule is COc1ccc(Cl)cc1S(=O)(=O)N[C@@H](Cc1ccccc1)C(=O)Nc1cccc(Cl)c1Cl. The summed E-state index contributed by atoms with van der Waals surface area (Å²) < 4.78 is 34.0. The minimum absolute atomic E-state index is 0.0902. The van der Waals surface area contributed by atoms with Crippen molar-refractivity contribution < 1.29 is 17.9 Å². The standard InChI is InChI=1S/C22H19Cl3N2O4S/c1-31-19-11-10-15(23)13-20(19)32(29,30)27-18(12-14-6-3-2-4-7-14)22(28)26-17-9-5-8-16(24)21(17)25/h2-11,13,18,27H,12H2,1H3,(H,26,28)/t18-/m0/s1. The first-order chi connectivity index (χ1) is 15.2. The van der Waals surface area contributed by atoms with Crippen molar-refractivity contribution in [3.63, 3.8) is 0 Å². The minimum Gasteiger partial charge on any atom is -0.495 e. The number of sulfonamides is 1. The summed E-state index contributed by atoms with van der Waals surface area (Å²) in [7, 11) is -2.83. The van der Waals surface area contributed by atoms with E-state index in [2.05, 4.69) is 10.0 Å². The maximum Gasteiger partial charge on any atom is 0.245 e. The van der Waals surface area contributed by atoms with Gasteiger partial charge in [-0.1, -0.05) is 71.2 Å². The van der Waals surface area contributed by atoms with E-state index in [0.29, 0.717) is 0 Å². The summed E-state index contributed by atoms with van der Waals surface area (Å²) in [4.78, 5) is 12.9. The Morgan fingerprint density at radius 3 is 2.41 bits per heavy atom. The predicted molar refractivity (Wildman–Crippen MR) is 127 cm³/mol. The topological polar surface area (TPSA) is 84.5 Å². The normalized spacial score (nSPS) is 12.2. The van der Waals surface area contributed by atoms with Gasteiger partial charge in [0.15, 0.2) is 0 Å². The highest BCUT2D eigenvalue weighted by atomic mass is 35.5. The van der Waals surface area contributed by atoms with Gasteiger partial charge >= 0.3 is 0 Å². The molecule has 0 spiro atoms. The molecular weight excluding hydrogens is 495 g/mol. The predicted octanol–water partition coefficient (Wildman–Crippen LogP) is 5.18. The highest BCUT2D eigenvalue weighted by Crippen LogP contribution is 2.30. The van der Waals surface area contributed by atoms with Crippen LogP contribution in [0.5, 0.6) is 5.75 Å². The summed E-state index contributed by atoms with van der Waals surface area (Å²) in [5, 5.41) is 3.27. The van der Waals surface area contributed by atoms with Crippen LogP contribution in [0, 0.1) is 0 Å². The number of carbonyl (C=O) groups is 1. The number of hydrogen-bond donors (Lipinski definition) is 2. The molecule has 0 saturated heterocycles. The Hall–Kier alpha value is -2.29. The lowest BCUT2D eigenvalue weighted by molar-refractivity contribution is -0.117. The summed E-state index contributed by atoms with van der Waals surface area (Å²) in [6.45, 7) is 0. The monoisotopic (exact) mass is 512 g/mol. The number of carbonyl (C=O) groups excluding carboxylic acids is 1. The molecule has 0 fully saturated rings. The quantitative estimate of drug-likeness (QED) is 0.434. The van der Waals surface area contributed by atoms with Crippen LogP contribution in [0.15, 0.2) is 71.6 Å². The van der Waals surface area contributed by atoms with E-state index in [1.54, 1.807) is 42.5 Å². The molecule has 1 amide bonds. The summed E-state index contributed by atoms with van der Waals surface area (Å²) >= 11 is 18.2. The van der Waals surface area contributed by atoms with E-state index in [1.807, 2.05) is 6.07 Å². The molecule has 3 aromatic carbocycles. The summed E-state index contributed by atoms with van der Waals surface area (Å²) in [6.07, 6.45) is 0.0902. The summed E-state index contributed by atoms with van der Waals surface area (Å²) in [5.74, 6) is -0.513. The lowest BCUT2D eigenvalue weighted by Crippen LogP contribution is -2.45. The van der Waals surface area contributed by atoms with Gasteiger partial charge in [0, 0.05) is 5.02 Å². The number of amides is 1. The fourth-order valence-electron chi connectivity index (χ4n) is 2.97. The molecule has 0 unspecified atom stereocenters. The Labute approximate surface area is 201 Å². The third kappa shape index (κ3) is 5.94. The molecule has 32 heavy (non-hydrogen) atoms. The molecular formula is C22H19Cl3N2O4S. The first-order valence-electron chi connectivity index (χ1n) is 9.36. The minimum atomic E-state index is -4.18. The molecule has 0 heterocycles. The fourth-order valence-corrected chi connectivity index (χ4v) is 4.94. The van der Waals surface area contributed by atoms with Gasteiger partial charge in [-0.2, -0.15) is 4.72 Å². The molecule has 0 bridgehead atoms. The van der Waals surface area contributed by atoms with Crippen LogP contribution in [0.25, 0.3) is 0 Å². The van der Waals surface area contributed by atoms with Crippen molar-refractivity contribution in [3.05, 3.63) is 87.4 Å². The van der Waals surface area contributed by atoms with Gasteiger partial charge in [-0.3, -0.25) is 4.79 Å². The van der Waals surface area contributed by atoms with Crippen molar-refractivity contribution in [3.8, 4) is 5.75 Å². The Morgan fingerprint density at radius 1 is 1.00 bits per heavy atom. The largest absolute Gasteiger partial charge is 0.495 e. The molecule has 0 saturated carbocycles. The zero-order chi connectivity index (χ0) is 23.3. The number of hydrogen-bond acceptors (Lipinski definition) is 4. The van der Waals surface area contributed by atoms with Crippen molar-refractivity contribution in [2.45, 2.75) is 17.4 Å². The fraction of sp³-hybridized carbons (Fsp3) is 0.136. The summed E-state index contributed by atoms with van der Waals surface area (Å²) in [6, 6.07) is 16.8. The Kier molecular flexibility index (Phi) is 8.03. The van der Waals surface area contributed by atoms with Crippen molar-refractivity contribution in [1.82, 2.24) is 4.72 Å². The number of benzene rings is 3. The Balaban J connectivity index is 1.95. The van der Waals surface area contributed by atoms with Crippen LogP contribution in [0.3, 0.4) is 0 Å². The van der Waals surface area contributed by atoms with Gasteiger partial charge in [-0.25, -0.2) is 8.42 Å². The van der Waals surface area contributed by atoms with Crippen LogP contribution in [0.4, 0.5) is 5.69 Å². The molecule has 2 N–H and O–H groups in total. The maximum absolute atomic E-state index is 13.2. The van der Waals surface area contributed by atoms with E-state index in [4.69, 9.17) is 39.5 Å². The second-order valence-electron chi connectivity index (χ2n) is 6.75. The molecule has 0 aliphatic rings. The second kappa shape index (κ2) is 10.6. The van der Waals surface area contributed by atoms with Gasteiger partial charge in [-0.15, -0.1) is 0 Å². The average Bonchev–Trinajstić information content (AvgIpc) is 2.77. The molecule has 3 rings (SSSR count). The van der Waals surface area contributed by atoms with E-state index in [0.717, 1.165) is 5.56 Å². The lowest BCUT2D eigenvalue weighted by atomic mass is 10.1. The van der Waals surface area contributed by atoms with Gasteiger partial charge in [0.25, 0.3) is 0 Å². The van der Waals surface area contributed by atoms with Crippen molar-refractivity contribution in [2.24, 2.45) is 0 Å². The van der Waals surface area contributed by atoms with Gasteiger partial charge in [-0.05, 0) is 42.3 Å². The molecule has 0 aliphatic carbocycles. The number of anilines is 1. The van der Waals surface area contributed by atoms with Crippen molar-refractivity contribution in [2.75, 3.05) is 12.4 Å². The van der Waals surface area contributed by atoms with Crippen LogP contribution in [0.1, 0.15) is 5.56 Å². The Bertz CT molecular complexity index is 1220. The van der Waals surface area contributed by atoms with Gasteiger partial charge in [0.2, 0.25) is 15.9 Å². The van der Waals surface area contributed by atoms with Crippen LogP contribution in [-0.2, 0) is 21.2 Å². The van der Waals surface area contributed by atoms with Gasteiger partial charge in [0.1, 0.15) is 16.7 Å². The van der Waals surface area contributed by atoms with Gasteiger partial charge < -0.3 is 10.1 Å². The highest BCUT2D eigenvalue weighted by Gasteiger charge is 2.29. The van der Waals surface area contributed by atoms with Crippen LogP contribution < -0.4 is 14.8 Å². The molecule has 10 heteroatoms. The average molecular weight is 514 g/mol. The number of rotatable bonds is 8. The van der Waals surface area contributed by atoms with Crippen molar-refractivity contribution in [1.29, 1.82) is 0 Å². The van der Waals surface area contributed by atoms with E-state index in [-0.39, 0.29) is 37.8 Å². The van der Waals surface area contributed by atoms with E-state index in [1.165, 1.54) is 25.3 Å². The number of methoxy groups -OCH3 is 1. The molecule has 0 radical (unpaired) electrons.